The fourth-order valence-corrected chi connectivity index (χ4v) is 2.50. The maximum Gasteiger partial charge on any atom is 0.0359 e. The van der Waals surface area contributed by atoms with Crippen LogP contribution in [0, 0.1) is 5.92 Å². The van der Waals surface area contributed by atoms with Crippen LogP contribution >= 0.6 is 0 Å². The van der Waals surface area contributed by atoms with Crippen LogP contribution in [0.4, 0.5) is 5.69 Å². The Bertz CT molecular complexity index is 316. The Morgan fingerprint density at radius 2 is 1.88 bits per heavy atom. The van der Waals surface area contributed by atoms with Crippen molar-refractivity contribution in [1.82, 2.24) is 5.32 Å². The number of nitrogen functional groups attached to an aromatic ring is 1. The minimum atomic E-state index is 0.888. The number of benzene rings is 1. The largest absolute Gasteiger partial charge is 0.398 e. The third kappa shape index (κ3) is 3.24. The Kier molecular flexibility index (Phi) is 4.23. The van der Waals surface area contributed by atoms with Gasteiger partial charge in [0.15, 0.2) is 0 Å². The molecule has 2 nitrogen and oxygen atoms in total. The van der Waals surface area contributed by atoms with E-state index in [0.717, 1.165) is 24.7 Å². The number of hydrogen-bond donors (Lipinski definition) is 2. The predicted molar refractivity (Wildman–Crippen MR) is 69.1 cm³/mol. The van der Waals surface area contributed by atoms with Crippen LogP contribution in [-0.2, 0) is 6.54 Å². The first-order valence-corrected chi connectivity index (χ1v) is 6.40. The third-order valence-corrected chi connectivity index (χ3v) is 3.53. The van der Waals surface area contributed by atoms with Crippen LogP contribution in [0.2, 0.25) is 0 Å². The second-order valence-corrected chi connectivity index (χ2v) is 4.83. The molecule has 0 aliphatic heterocycles. The smallest absolute Gasteiger partial charge is 0.0359 e. The fourth-order valence-electron chi connectivity index (χ4n) is 2.50. The van der Waals surface area contributed by atoms with E-state index in [1.807, 2.05) is 18.2 Å². The summed E-state index contributed by atoms with van der Waals surface area (Å²) in [7, 11) is 0. The molecule has 0 bridgehead atoms. The highest BCUT2D eigenvalue weighted by molar-refractivity contribution is 5.46. The van der Waals surface area contributed by atoms with Crippen molar-refractivity contribution in [1.29, 1.82) is 0 Å². The van der Waals surface area contributed by atoms with Gasteiger partial charge in [-0.1, -0.05) is 37.5 Å². The lowest BCUT2D eigenvalue weighted by Gasteiger charge is -2.21. The van der Waals surface area contributed by atoms with Crippen molar-refractivity contribution < 1.29 is 0 Å². The topological polar surface area (TPSA) is 38.0 Å². The first kappa shape index (κ1) is 11.5. The van der Waals surface area contributed by atoms with Crippen molar-refractivity contribution >= 4 is 5.69 Å². The van der Waals surface area contributed by atoms with E-state index >= 15 is 0 Å². The number of hydrogen-bond acceptors (Lipinski definition) is 2. The lowest BCUT2D eigenvalue weighted by Crippen LogP contribution is -2.24. The second-order valence-electron chi connectivity index (χ2n) is 4.83. The summed E-state index contributed by atoms with van der Waals surface area (Å²) < 4.78 is 0. The summed E-state index contributed by atoms with van der Waals surface area (Å²) in [5.41, 5.74) is 8.02. The molecule has 1 fully saturated rings. The summed E-state index contributed by atoms with van der Waals surface area (Å²) in [6.45, 7) is 2.05. The van der Waals surface area contributed by atoms with Crippen molar-refractivity contribution in [3.05, 3.63) is 29.8 Å². The molecule has 1 aliphatic carbocycles. The molecule has 1 aromatic rings. The van der Waals surface area contributed by atoms with Gasteiger partial charge in [0.05, 0.1) is 0 Å². The normalized spacial score (nSPS) is 17.5. The summed E-state index contributed by atoms with van der Waals surface area (Å²) in [5.74, 6) is 0.888. The zero-order valence-electron chi connectivity index (χ0n) is 9.91. The van der Waals surface area contributed by atoms with Crippen LogP contribution in [0.3, 0.4) is 0 Å². The lowest BCUT2D eigenvalue weighted by molar-refractivity contribution is 0.342. The van der Waals surface area contributed by atoms with Gasteiger partial charge in [0.2, 0.25) is 0 Å². The molecule has 88 valence electrons. The molecular formula is C14H22N2. The molecule has 0 heterocycles. The van der Waals surface area contributed by atoms with Crippen LogP contribution in [0.5, 0.6) is 0 Å². The molecule has 0 radical (unpaired) electrons. The van der Waals surface area contributed by atoms with Crippen molar-refractivity contribution in [3.63, 3.8) is 0 Å². The molecule has 0 unspecified atom stereocenters. The molecule has 1 aliphatic rings. The van der Waals surface area contributed by atoms with Gasteiger partial charge >= 0.3 is 0 Å². The van der Waals surface area contributed by atoms with Gasteiger partial charge in [-0.05, 0) is 36.9 Å². The number of nitrogens with two attached hydrogens (primary N) is 1. The number of nitrogens with one attached hydrogen (secondary N) is 1. The Morgan fingerprint density at radius 1 is 1.12 bits per heavy atom. The highest BCUT2D eigenvalue weighted by Gasteiger charge is 2.12. The molecule has 1 aromatic carbocycles. The van der Waals surface area contributed by atoms with Gasteiger partial charge in [0.25, 0.3) is 0 Å². The Hall–Kier alpha value is -1.02. The molecule has 2 rings (SSSR count). The predicted octanol–water partition coefficient (Wildman–Crippen LogP) is 2.94. The summed E-state index contributed by atoms with van der Waals surface area (Å²) in [5, 5.41) is 3.53. The monoisotopic (exact) mass is 218 g/mol. The average molecular weight is 218 g/mol. The SMILES string of the molecule is Nc1ccccc1CNCC1CCCCC1. The average Bonchev–Trinajstić information content (AvgIpc) is 2.33. The van der Waals surface area contributed by atoms with Gasteiger partial charge in [-0.2, -0.15) is 0 Å². The van der Waals surface area contributed by atoms with Crippen LogP contribution in [0.15, 0.2) is 24.3 Å². The molecule has 16 heavy (non-hydrogen) atoms. The minimum Gasteiger partial charge on any atom is -0.398 e. The maximum atomic E-state index is 5.90. The zero-order valence-corrected chi connectivity index (χ0v) is 9.91. The zero-order chi connectivity index (χ0) is 11.2. The van der Waals surface area contributed by atoms with E-state index in [0.29, 0.717) is 0 Å². The molecule has 0 aromatic heterocycles. The van der Waals surface area contributed by atoms with E-state index in [9.17, 15) is 0 Å². The van der Waals surface area contributed by atoms with Crippen molar-refractivity contribution in [2.24, 2.45) is 5.92 Å². The molecule has 1 saturated carbocycles. The van der Waals surface area contributed by atoms with Crippen LogP contribution in [0.1, 0.15) is 37.7 Å². The van der Waals surface area contributed by atoms with E-state index in [1.54, 1.807) is 0 Å². The Morgan fingerprint density at radius 3 is 2.62 bits per heavy atom. The number of rotatable bonds is 4. The molecular weight excluding hydrogens is 196 g/mol. The number of anilines is 1. The molecule has 0 spiro atoms. The standard InChI is InChI=1S/C14H22N2/c15-14-9-5-4-8-13(14)11-16-10-12-6-2-1-3-7-12/h4-5,8-9,12,16H,1-3,6-7,10-11,15H2. The van der Waals surface area contributed by atoms with E-state index in [4.69, 9.17) is 5.73 Å². The van der Waals surface area contributed by atoms with E-state index in [-0.39, 0.29) is 0 Å². The fraction of sp³-hybridized carbons (Fsp3) is 0.571. The lowest BCUT2D eigenvalue weighted by atomic mass is 9.89. The van der Waals surface area contributed by atoms with E-state index in [2.05, 4.69) is 11.4 Å². The molecule has 2 heteroatoms. The van der Waals surface area contributed by atoms with Crippen molar-refractivity contribution in [2.45, 2.75) is 38.6 Å². The van der Waals surface area contributed by atoms with Gasteiger partial charge in [0.1, 0.15) is 0 Å². The number of para-hydroxylation sites is 1. The van der Waals surface area contributed by atoms with Crippen LogP contribution < -0.4 is 11.1 Å². The van der Waals surface area contributed by atoms with Crippen molar-refractivity contribution in [2.75, 3.05) is 12.3 Å². The first-order valence-electron chi connectivity index (χ1n) is 6.40. The quantitative estimate of drug-likeness (QED) is 0.763. The third-order valence-electron chi connectivity index (χ3n) is 3.53. The molecule has 0 amide bonds. The minimum absolute atomic E-state index is 0.888. The summed E-state index contributed by atoms with van der Waals surface area (Å²) in [4.78, 5) is 0. The van der Waals surface area contributed by atoms with Gasteiger partial charge in [-0.3, -0.25) is 0 Å². The Labute approximate surface area is 98.2 Å². The highest BCUT2D eigenvalue weighted by atomic mass is 14.9. The summed E-state index contributed by atoms with van der Waals surface area (Å²) >= 11 is 0. The van der Waals surface area contributed by atoms with Crippen LogP contribution in [0.25, 0.3) is 0 Å². The van der Waals surface area contributed by atoms with Gasteiger partial charge < -0.3 is 11.1 Å². The van der Waals surface area contributed by atoms with E-state index < -0.39 is 0 Å². The van der Waals surface area contributed by atoms with Crippen LogP contribution in [-0.4, -0.2) is 6.54 Å². The van der Waals surface area contributed by atoms with E-state index in [1.165, 1.54) is 37.7 Å². The van der Waals surface area contributed by atoms with Gasteiger partial charge in [0, 0.05) is 12.2 Å². The maximum absolute atomic E-state index is 5.90. The summed E-state index contributed by atoms with van der Waals surface area (Å²) in [6.07, 6.45) is 7.07. The first-order chi connectivity index (χ1) is 7.86. The second kappa shape index (κ2) is 5.90. The van der Waals surface area contributed by atoms with Gasteiger partial charge in [-0.25, -0.2) is 0 Å². The molecule has 0 saturated heterocycles. The van der Waals surface area contributed by atoms with Gasteiger partial charge in [-0.15, -0.1) is 0 Å². The molecule has 3 N–H and O–H groups in total. The molecule has 0 atom stereocenters. The van der Waals surface area contributed by atoms with Crippen molar-refractivity contribution in [3.8, 4) is 0 Å². The Balaban J connectivity index is 1.73. The highest BCUT2D eigenvalue weighted by Crippen LogP contribution is 2.22. The summed E-state index contributed by atoms with van der Waals surface area (Å²) in [6, 6.07) is 8.11.